The van der Waals surface area contributed by atoms with Crippen molar-refractivity contribution in [3.8, 4) is 28.0 Å². The second kappa shape index (κ2) is 9.82. The molecule has 0 amide bonds. The fourth-order valence-corrected chi connectivity index (χ4v) is 6.02. The normalized spacial score (nSPS) is 12.4. The Morgan fingerprint density at radius 3 is 2.06 bits per heavy atom. The van der Waals surface area contributed by atoms with Gasteiger partial charge in [-0.1, -0.05) is 23.9 Å². The van der Waals surface area contributed by atoms with Gasteiger partial charge in [0.15, 0.2) is 0 Å². The Hall–Kier alpha value is -4.19. The Kier molecular flexibility index (Phi) is 6.42. The summed E-state index contributed by atoms with van der Waals surface area (Å²) < 4.78 is 10.9. The molecule has 8 heteroatoms. The van der Waals surface area contributed by atoms with Crippen LogP contribution in [0.15, 0.2) is 88.2 Å². The van der Waals surface area contributed by atoms with E-state index < -0.39 is 5.97 Å². The second-order valence-electron chi connectivity index (χ2n) is 7.83. The third-order valence-electron chi connectivity index (χ3n) is 5.71. The summed E-state index contributed by atoms with van der Waals surface area (Å²) in [5, 5.41) is 18.1. The summed E-state index contributed by atoms with van der Waals surface area (Å²) in [5.41, 5.74) is 3.85. The van der Waals surface area contributed by atoms with Gasteiger partial charge in [-0.05, 0) is 72.3 Å². The molecule has 0 aliphatic carbocycles. The van der Waals surface area contributed by atoms with Crippen molar-refractivity contribution in [2.24, 2.45) is 0 Å². The molecule has 5 rings (SSSR count). The van der Waals surface area contributed by atoms with Gasteiger partial charge in [-0.2, -0.15) is 5.26 Å². The molecule has 0 spiro atoms. The first-order valence-electron chi connectivity index (χ1n) is 10.9. The molecule has 36 heavy (non-hydrogen) atoms. The van der Waals surface area contributed by atoms with E-state index in [0.29, 0.717) is 4.88 Å². The molecule has 0 atom stereocenters. The number of methoxy groups -OCH3 is 2. The van der Waals surface area contributed by atoms with Gasteiger partial charge in [0.25, 0.3) is 0 Å². The molecule has 0 unspecified atom stereocenters. The monoisotopic (exact) mass is 512 g/mol. The number of nitrogens with zero attached hydrogens (tertiary/aromatic N) is 2. The summed E-state index contributed by atoms with van der Waals surface area (Å²) in [6.07, 6.45) is 1.40. The number of hydrogen-bond donors (Lipinski definition) is 1. The van der Waals surface area contributed by atoms with Crippen LogP contribution in [0.2, 0.25) is 0 Å². The number of nitriles is 1. The van der Waals surface area contributed by atoms with Crippen LogP contribution in [0.25, 0.3) is 16.5 Å². The average Bonchev–Trinajstić information content (AvgIpc) is 3.38. The lowest BCUT2D eigenvalue weighted by Gasteiger charge is -2.33. The second-order valence-corrected chi connectivity index (χ2v) is 10.0. The van der Waals surface area contributed by atoms with Crippen LogP contribution in [0.5, 0.6) is 11.5 Å². The molecule has 1 aliphatic rings. The Labute approximate surface area is 216 Å². The molecule has 4 aromatic rings. The van der Waals surface area contributed by atoms with E-state index in [4.69, 9.17) is 19.8 Å². The first-order valence-corrected chi connectivity index (χ1v) is 12.5. The summed E-state index contributed by atoms with van der Waals surface area (Å²) in [7, 11) is 3.33. The van der Waals surface area contributed by atoms with Crippen LogP contribution in [0, 0.1) is 11.3 Å². The number of anilines is 3. The molecular weight excluding hydrogens is 492 g/mol. The highest BCUT2D eigenvalue weighted by Gasteiger charge is 2.26. The quantitative estimate of drug-likeness (QED) is 0.188. The first-order chi connectivity index (χ1) is 17.5. The number of aliphatic carboxylic acids is 1. The predicted molar refractivity (Wildman–Crippen MR) is 143 cm³/mol. The van der Waals surface area contributed by atoms with E-state index in [0.717, 1.165) is 48.8 Å². The standard InChI is InChI=1S/C28H20N2O4S2/c1-33-20-7-10-23-26(14-20)36-27-15-21(34-2)8-11-24(27)30(23)19-5-3-17(4-6-19)25-12-9-22(35-25)13-18(16-29)28(31)32/h3-15H,1-2H3,(H,31,32)/b18-13-. The molecular formula is C28H20N2O4S2. The minimum Gasteiger partial charge on any atom is -0.497 e. The first kappa shape index (κ1) is 23.5. The van der Waals surface area contributed by atoms with Crippen molar-refractivity contribution >= 4 is 52.2 Å². The maximum absolute atomic E-state index is 11.1. The highest BCUT2D eigenvalue weighted by atomic mass is 32.2. The van der Waals surface area contributed by atoms with E-state index in [-0.39, 0.29) is 5.57 Å². The van der Waals surface area contributed by atoms with Gasteiger partial charge in [-0.25, -0.2) is 4.79 Å². The largest absolute Gasteiger partial charge is 0.497 e. The zero-order chi connectivity index (χ0) is 25.2. The van der Waals surface area contributed by atoms with Crippen LogP contribution in [0.1, 0.15) is 4.88 Å². The van der Waals surface area contributed by atoms with Crippen LogP contribution in [-0.4, -0.2) is 25.3 Å². The lowest BCUT2D eigenvalue weighted by molar-refractivity contribution is -0.132. The topological polar surface area (TPSA) is 82.8 Å². The van der Waals surface area contributed by atoms with Gasteiger partial charge in [0.1, 0.15) is 23.1 Å². The minimum absolute atomic E-state index is 0.285. The molecule has 2 heterocycles. The van der Waals surface area contributed by atoms with Gasteiger partial charge in [0.05, 0.1) is 25.6 Å². The van der Waals surface area contributed by atoms with Crippen LogP contribution in [0.4, 0.5) is 17.1 Å². The van der Waals surface area contributed by atoms with Crippen LogP contribution in [0.3, 0.4) is 0 Å². The molecule has 1 N–H and O–H groups in total. The maximum atomic E-state index is 11.1. The van der Waals surface area contributed by atoms with Crippen molar-refractivity contribution in [2.75, 3.05) is 19.1 Å². The Bertz CT molecular complexity index is 1480. The van der Waals surface area contributed by atoms with Gasteiger partial charge in [0.2, 0.25) is 0 Å². The van der Waals surface area contributed by atoms with Crippen molar-refractivity contribution < 1.29 is 19.4 Å². The molecule has 1 aliphatic heterocycles. The number of thiophene rings is 1. The summed E-state index contributed by atoms with van der Waals surface area (Å²) in [4.78, 5) is 17.2. The van der Waals surface area contributed by atoms with Crippen molar-refractivity contribution in [3.05, 3.63) is 83.2 Å². The SMILES string of the molecule is COc1ccc2c(c1)Sc1cc(OC)ccc1N2c1ccc(-c2ccc(/C=C(/C#N)C(=O)O)s2)cc1. The third kappa shape index (κ3) is 4.42. The summed E-state index contributed by atoms with van der Waals surface area (Å²) in [5.74, 6) is 0.369. The van der Waals surface area contributed by atoms with E-state index >= 15 is 0 Å². The fraction of sp³-hybridized carbons (Fsp3) is 0.0714. The number of ether oxygens (including phenoxy) is 2. The summed E-state index contributed by atoms with van der Waals surface area (Å²) in [6, 6.07) is 25.8. The molecule has 178 valence electrons. The summed E-state index contributed by atoms with van der Waals surface area (Å²) >= 11 is 3.12. The van der Waals surface area contributed by atoms with E-state index in [1.807, 2.05) is 48.5 Å². The molecule has 1 aromatic heterocycles. The molecule has 3 aromatic carbocycles. The summed E-state index contributed by atoms with van der Waals surface area (Å²) in [6.45, 7) is 0. The lowest BCUT2D eigenvalue weighted by Crippen LogP contribution is -2.14. The maximum Gasteiger partial charge on any atom is 0.346 e. The number of carboxylic acid groups (broad SMARTS) is 1. The molecule has 0 fully saturated rings. The lowest BCUT2D eigenvalue weighted by atomic mass is 10.1. The molecule has 0 bridgehead atoms. The van der Waals surface area contributed by atoms with Crippen molar-refractivity contribution in [3.63, 3.8) is 0 Å². The minimum atomic E-state index is -1.23. The van der Waals surface area contributed by atoms with E-state index in [9.17, 15) is 4.79 Å². The van der Waals surface area contributed by atoms with Gasteiger partial charge < -0.3 is 19.5 Å². The van der Waals surface area contributed by atoms with Gasteiger partial charge in [0, 0.05) is 25.2 Å². The molecule has 0 radical (unpaired) electrons. The van der Waals surface area contributed by atoms with Crippen molar-refractivity contribution in [1.29, 1.82) is 5.26 Å². The number of hydrogen-bond acceptors (Lipinski definition) is 7. The Balaban J connectivity index is 1.52. The number of fused-ring (bicyclic) bond motifs is 2. The zero-order valence-corrected chi connectivity index (χ0v) is 21.0. The van der Waals surface area contributed by atoms with Crippen LogP contribution >= 0.6 is 23.1 Å². The van der Waals surface area contributed by atoms with Gasteiger partial charge >= 0.3 is 5.97 Å². The van der Waals surface area contributed by atoms with E-state index in [1.54, 1.807) is 32.1 Å². The predicted octanol–water partition coefficient (Wildman–Crippen LogP) is 7.36. The molecule has 6 nitrogen and oxygen atoms in total. The van der Waals surface area contributed by atoms with Crippen molar-refractivity contribution in [2.45, 2.75) is 9.79 Å². The zero-order valence-electron chi connectivity index (χ0n) is 19.4. The van der Waals surface area contributed by atoms with Crippen LogP contribution < -0.4 is 14.4 Å². The number of carboxylic acids is 1. The molecule has 0 saturated carbocycles. The number of carbonyl (C=O) groups is 1. The number of rotatable bonds is 6. The Morgan fingerprint density at radius 2 is 1.53 bits per heavy atom. The third-order valence-corrected chi connectivity index (χ3v) is 7.89. The van der Waals surface area contributed by atoms with Crippen molar-refractivity contribution in [1.82, 2.24) is 0 Å². The highest BCUT2D eigenvalue weighted by Crippen LogP contribution is 2.53. The van der Waals surface area contributed by atoms with E-state index in [1.165, 1.54) is 17.4 Å². The number of benzene rings is 3. The van der Waals surface area contributed by atoms with Gasteiger partial charge in [-0.15, -0.1) is 11.3 Å². The smallest absolute Gasteiger partial charge is 0.346 e. The average molecular weight is 513 g/mol. The highest BCUT2D eigenvalue weighted by molar-refractivity contribution is 7.99. The molecule has 0 saturated heterocycles. The van der Waals surface area contributed by atoms with Gasteiger partial charge in [-0.3, -0.25) is 0 Å². The fourth-order valence-electron chi connectivity index (χ4n) is 3.95. The Morgan fingerprint density at radius 1 is 0.917 bits per heavy atom. The van der Waals surface area contributed by atoms with E-state index in [2.05, 4.69) is 29.2 Å². The van der Waals surface area contributed by atoms with Crippen LogP contribution in [-0.2, 0) is 4.79 Å².